The summed E-state index contributed by atoms with van der Waals surface area (Å²) in [4.78, 5) is 26.3. The van der Waals surface area contributed by atoms with E-state index < -0.39 is 30.1 Å². The Labute approximate surface area is 169 Å². The van der Waals surface area contributed by atoms with Crippen molar-refractivity contribution >= 4 is 12.1 Å². The molecule has 2 saturated heterocycles. The Morgan fingerprint density at radius 3 is 2.45 bits per heavy atom. The van der Waals surface area contributed by atoms with E-state index in [-0.39, 0.29) is 13.2 Å². The van der Waals surface area contributed by atoms with Gasteiger partial charge in [0.05, 0.1) is 13.7 Å². The maximum absolute atomic E-state index is 12.5. The molecule has 1 unspecified atom stereocenters. The molecule has 7 heteroatoms. The van der Waals surface area contributed by atoms with Gasteiger partial charge in [0.1, 0.15) is 12.7 Å². The van der Waals surface area contributed by atoms with Gasteiger partial charge in [0.25, 0.3) is 0 Å². The monoisotopic (exact) mass is 397 g/mol. The van der Waals surface area contributed by atoms with E-state index in [0.717, 1.165) is 11.1 Å². The standard InChI is InChI=1S/C22H23NO6/c1-26-20(24)19-18(17-10-6-3-7-11-17)28-22(29-19)12-13-23(15-22)21(25)27-14-16-8-4-2-5-9-16/h2-11,18-19H,12-15H2,1H3/t18-,19+,22?/m0/s1. The third kappa shape index (κ3) is 4.11. The van der Waals surface area contributed by atoms with Crippen LogP contribution in [0.4, 0.5) is 4.79 Å². The van der Waals surface area contributed by atoms with Crippen LogP contribution in [-0.2, 0) is 30.3 Å². The summed E-state index contributed by atoms with van der Waals surface area (Å²) >= 11 is 0. The zero-order valence-electron chi connectivity index (χ0n) is 16.2. The molecule has 2 heterocycles. The second kappa shape index (κ2) is 8.23. The molecule has 2 aromatic carbocycles. The average Bonchev–Trinajstić information content (AvgIpc) is 3.37. The number of carbonyl (C=O) groups is 2. The van der Waals surface area contributed by atoms with Crippen LogP contribution in [0.3, 0.4) is 0 Å². The molecule has 0 aliphatic carbocycles. The molecule has 7 nitrogen and oxygen atoms in total. The van der Waals surface area contributed by atoms with E-state index in [1.807, 2.05) is 60.7 Å². The van der Waals surface area contributed by atoms with Crippen molar-refractivity contribution in [3.63, 3.8) is 0 Å². The van der Waals surface area contributed by atoms with Crippen molar-refractivity contribution in [3.05, 3.63) is 71.8 Å². The fraction of sp³-hybridized carbons (Fsp3) is 0.364. The van der Waals surface area contributed by atoms with Gasteiger partial charge in [0, 0.05) is 13.0 Å². The Morgan fingerprint density at radius 2 is 1.76 bits per heavy atom. The minimum atomic E-state index is -1.05. The summed E-state index contributed by atoms with van der Waals surface area (Å²) in [5.74, 6) is -1.55. The van der Waals surface area contributed by atoms with E-state index in [2.05, 4.69) is 0 Å². The number of methoxy groups -OCH3 is 1. The van der Waals surface area contributed by atoms with E-state index in [9.17, 15) is 9.59 Å². The Balaban J connectivity index is 1.43. The van der Waals surface area contributed by atoms with Gasteiger partial charge in [0.15, 0.2) is 11.9 Å². The molecule has 0 radical (unpaired) electrons. The average molecular weight is 397 g/mol. The fourth-order valence-corrected chi connectivity index (χ4v) is 3.70. The van der Waals surface area contributed by atoms with Gasteiger partial charge in [-0.15, -0.1) is 0 Å². The van der Waals surface area contributed by atoms with Crippen molar-refractivity contribution in [2.24, 2.45) is 0 Å². The molecule has 0 bridgehead atoms. The summed E-state index contributed by atoms with van der Waals surface area (Å²) in [6.07, 6.45) is -1.47. The largest absolute Gasteiger partial charge is 0.467 e. The number of carbonyl (C=O) groups excluding carboxylic acids is 2. The Bertz CT molecular complexity index is 858. The lowest BCUT2D eigenvalue weighted by Crippen LogP contribution is -2.38. The van der Waals surface area contributed by atoms with E-state index in [4.69, 9.17) is 18.9 Å². The second-order valence-electron chi connectivity index (χ2n) is 7.13. The van der Waals surface area contributed by atoms with Crippen LogP contribution in [-0.4, -0.2) is 49.1 Å². The summed E-state index contributed by atoms with van der Waals surface area (Å²) in [7, 11) is 1.32. The van der Waals surface area contributed by atoms with Gasteiger partial charge in [-0.1, -0.05) is 60.7 Å². The van der Waals surface area contributed by atoms with E-state index in [1.165, 1.54) is 7.11 Å². The number of amides is 1. The summed E-state index contributed by atoms with van der Waals surface area (Å²) in [6, 6.07) is 18.9. The zero-order valence-corrected chi connectivity index (χ0v) is 16.2. The molecule has 4 rings (SSSR count). The highest BCUT2D eigenvalue weighted by atomic mass is 16.8. The summed E-state index contributed by atoms with van der Waals surface area (Å²) in [5.41, 5.74) is 1.74. The van der Waals surface area contributed by atoms with Crippen LogP contribution in [0.2, 0.25) is 0 Å². The fourth-order valence-electron chi connectivity index (χ4n) is 3.70. The lowest BCUT2D eigenvalue weighted by Gasteiger charge is -2.23. The number of likely N-dealkylation sites (tertiary alicyclic amines) is 1. The van der Waals surface area contributed by atoms with Crippen molar-refractivity contribution in [3.8, 4) is 0 Å². The third-order valence-corrected chi connectivity index (χ3v) is 5.18. The first kappa shape index (κ1) is 19.4. The molecule has 0 N–H and O–H groups in total. The molecule has 0 saturated carbocycles. The normalized spacial score (nSPS) is 25.9. The van der Waals surface area contributed by atoms with Gasteiger partial charge in [0.2, 0.25) is 0 Å². The quantitative estimate of drug-likeness (QED) is 0.739. The lowest BCUT2D eigenvalue weighted by molar-refractivity contribution is -0.176. The van der Waals surface area contributed by atoms with Crippen LogP contribution in [0.1, 0.15) is 23.7 Å². The SMILES string of the molecule is COC(=O)[C@@H]1OC2(CCN(C(=O)OCc3ccccc3)C2)O[C@H]1c1ccccc1. The molecule has 2 fully saturated rings. The second-order valence-corrected chi connectivity index (χ2v) is 7.13. The lowest BCUT2D eigenvalue weighted by atomic mass is 10.0. The highest BCUT2D eigenvalue weighted by Gasteiger charge is 2.55. The first-order valence-corrected chi connectivity index (χ1v) is 9.54. The molecule has 29 heavy (non-hydrogen) atoms. The summed E-state index contributed by atoms with van der Waals surface area (Å²) in [6.45, 7) is 0.808. The van der Waals surface area contributed by atoms with Crippen LogP contribution in [0.25, 0.3) is 0 Å². The molecule has 152 valence electrons. The zero-order chi connectivity index (χ0) is 20.3. The maximum atomic E-state index is 12.5. The van der Waals surface area contributed by atoms with Gasteiger partial charge < -0.3 is 23.8 Å². The maximum Gasteiger partial charge on any atom is 0.410 e. The van der Waals surface area contributed by atoms with Gasteiger partial charge in [-0.25, -0.2) is 9.59 Å². The number of rotatable bonds is 4. The number of ether oxygens (including phenoxy) is 4. The number of esters is 1. The highest BCUT2D eigenvalue weighted by molar-refractivity contribution is 5.76. The summed E-state index contributed by atoms with van der Waals surface area (Å²) in [5, 5.41) is 0. The Kier molecular flexibility index (Phi) is 5.51. The van der Waals surface area contributed by atoms with Crippen molar-refractivity contribution < 1.29 is 28.5 Å². The molecule has 3 atom stereocenters. The highest BCUT2D eigenvalue weighted by Crippen LogP contribution is 2.43. The van der Waals surface area contributed by atoms with Crippen molar-refractivity contribution in [2.75, 3.05) is 20.2 Å². The van der Waals surface area contributed by atoms with E-state index in [0.29, 0.717) is 13.0 Å². The van der Waals surface area contributed by atoms with Gasteiger partial charge in [-0.3, -0.25) is 0 Å². The van der Waals surface area contributed by atoms with Gasteiger partial charge in [-0.05, 0) is 11.1 Å². The first-order valence-electron chi connectivity index (χ1n) is 9.54. The molecule has 2 aromatic rings. The Hall–Kier alpha value is -2.90. The van der Waals surface area contributed by atoms with Crippen LogP contribution in [0, 0.1) is 0 Å². The van der Waals surface area contributed by atoms with Gasteiger partial charge in [-0.2, -0.15) is 0 Å². The first-order chi connectivity index (χ1) is 14.1. The van der Waals surface area contributed by atoms with Crippen LogP contribution in [0.15, 0.2) is 60.7 Å². The molecule has 2 aliphatic heterocycles. The van der Waals surface area contributed by atoms with Crippen molar-refractivity contribution in [2.45, 2.75) is 31.0 Å². The smallest absolute Gasteiger partial charge is 0.410 e. The predicted molar refractivity (Wildman–Crippen MR) is 103 cm³/mol. The van der Waals surface area contributed by atoms with Crippen molar-refractivity contribution in [1.29, 1.82) is 0 Å². The third-order valence-electron chi connectivity index (χ3n) is 5.18. The van der Waals surface area contributed by atoms with Crippen LogP contribution >= 0.6 is 0 Å². The van der Waals surface area contributed by atoms with E-state index in [1.54, 1.807) is 4.90 Å². The number of hydrogen-bond donors (Lipinski definition) is 0. The molecule has 0 aromatic heterocycles. The van der Waals surface area contributed by atoms with Crippen LogP contribution < -0.4 is 0 Å². The molecular weight excluding hydrogens is 374 g/mol. The summed E-state index contributed by atoms with van der Waals surface area (Å²) < 4.78 is 22.5. The van der Waals surface area contributed by atoms with Gasteiger partial charge >= 0.3 is 12.1 Å². The van der Waals surface area contributed by atoms with Crippen molar-refractivity contribution in [1.82, 2.24) is 4.90 Å². The Morgan fingerprint density at radius 1 is 1.07 bits per heavy atom. The topological polar surface area (TPSA) is 74.3 Å². The molecule has 2 aliphatic rings. The number of hydrogen-bond acceptors (Lipinski definition) is 6. The predicted octanol–water partition coefficient (Wildman–Crippen LogP) is 3.05. The molecule has 1 spiro atoms. The number of benzene rings is 2. The minimum Gasteiger partial charge on any atom is -0.467 e. The van der Waals surface area contributed by atoms with Crippen LogP contribution in [0.5, 0.6) is 0 Å². The molecule has 1 amide bonds. The van der Waals surface area contributed by atoms with E-state index >= 15 is 0 Å². The number of nitrogens with zero attached hydrogens (tertiary/aromatic N) is 1. The minimum absolute atomic E-state index is 0.192. The molecular formula is C22H23NO6.